The van der Waals surface area contributed by atoms with Crippen LogP contribution in [0.5, 0.6) is 0 Å². The highest BCUT2D eigenvalue weighted by Gasteiger charge is 2.43. The maximum absolute atomic E-state index is 13.0. The van der Waals surface area contributed by atoms with Crippen molar-refractivity contribution in [3.63, 3.8) is 0 Å². The van der Waals surface area contributed by atoms with Gasteiger partial charge in [0.1, 0.15) is 11.2 Å². The highest BCUT2D eigenvalue weighted by atomic mass is 16.2. The molecular formula is C18H29N5O2. The van der Waals surface area contributed by atoms with E-state index in [0.717, 1.165) is 18.7 Å². The number of likely N-dealkylation sites (tertiary alicyclic amines) is 1. The standard InChI is InChI=1S/C18H29N5O2/c1-4-23-15(12-14(21-23)11-13(2)3)16(24)22-9-5-18(6-10-22)17(25)19-7-8-20-18/h12-13,20H,4-11H2,1-3H3,(H,19,25). The van der Waals surface area contributed by atoms with Crippen LogP contribution in [0.4, 0.5) is 0 Å². The topological polar surface area (TPSA) is 79.3 Å². The number of carbonyl (C=O) groups is 2. The minimum atomic E-state index is -0.497. The van der Waals surface area contributed by atoms with E-state index in [2.05, 4.69) is 29.6 Å². The summed E-state index contributed by atoms with van der Waals surface area (Å²) in [5, 5.41) is 10.9. The number of rotatable bonds is 4. The molecule has 2 fully saturated rings. The second-order valence-corrected chi connectivity index (χ2v) is 7.49. The number of piperidine rings is 1. The normalized spacial score (nSPS) is 20.2. The molecule has 25 heavy (non-hydrogen) atoms. The summed E-state index contributed by atoms with van der Waals surface area (Å²) in [6, 6.07) is 1.93. The lowest BCUT2D eigenvalue weighted by Crippen LogP contribution is -2.66. The summed E-state index contributed by atoms with van der Waals surface area (Å²) in [5.74, 6) is 0.605. The van der Waals surface area contributed by atoms with Gasteiger partial charge in [-0.25, -0.2) is 0 Å². The monoisotopic (exact) mass is 347 g/mol. The van der Waals surface area contributed by atoms with Crippen LogP contribution in [-0.2, 0) is 17.8 Å². The van der Waals surface area contributed by atoms with Crippen LogP contribution in [0.1, 0.15) is 49.8 Å². The molecule has 138 valence electrons. The van der Waals surface area contributed by atoms with Gasteiger partial charge in [0.2, 0.25) is 5.91 Å². The Morgan fingerprint density at radius 3 is 2.64 bits per heavy atom. The number of nitrogens with zero attached hydrogens (tertiary/aromatic N) is 3. The van der Waals surface area contributed by atoms with Crippen LogP contribution < -0.4 is 10.6 Å². The Morgan fingerprint density at radius 1 is 1.32 bits per heavy atom. The summed E-state index contributed by atoms with van der Waals surface area (Å²) in [5.41, 5.74) is 1.14. The van der Waals surface area contributed by atoms with Crippen LogP contribution in [-0.4, -0.2) is 58.2 Å². The molecule has 2 N–H and O–H groups in total. The van der Waals surface area contributed by atoms with E-state index in [9.17, 15) is 9.59 Å². The van der Waals surface area contributed by atoms with E-state index in [-0.39, 0.29) is 11.8 Å². The molecular weight excluding hydrogens is 318 g/mol. The fraction of sp³-hybridized carbons (Fsp3) is 0.722. The first-order valence-electron chi connectivity index (χ1n) is 9.34. The van der Waals surface area contributed by atoms with Gasteiger partial charge in [-0.3, -0.25) is 14.3 Å². The van der Waals surface area contributed by atoms with Gasteiger partial charge < -0.3 is 15.5 Å². The molecule has 0 unspecified atom stereocenters. The van der Waals surface area contributed by atoms with Crippen LogP contribution in [0.25, 0.3) is 0 Å². The van der Waals surface area contributed by atoms with Crippen molar-refractivity contribution in [1.29, 1.82) is 0 Å². The summed E-state index contributed by atoms with van der Waals surface area (Å²) >= 11 is 0. The Bertz CT molecular complexity index is 644. The van der Waals surface area contributed by atoms with E-state index < -0.39 is 5.54 Å². The molecule has 2 aliphatic rings. The third-order valence-corrected chi connectivity index (χ3v) is 5.18. The summed E-state index contributed by atoms with van der Waals surface area (Å²) in [6.45, 7) is 9.64. The predicted octanol–water partition coefficient (Wildman–Crippen LogP) is 0.796. The zero-order valence-electron chi connectivity index (χ0n) is 15.5. The average Bonchev–Trinajstić information content (AvgIpc) is 3.00. The minimum Gasteiger partial charge on any atom is -0.353 e. The van der Waals surface area contributed by atoms with Crippen molar-refractivity contribution in [2.45, 2.75) is 52.1 Å². The predicted molar refractivity (Wildman–Crippen MR) is 95.3 cm³/mol. The smallest absolute Gasteiger partial charge is 0.272 e. The zero-order chi connectivity index (χ0) is 18.0. The van der Waals surface area contributed by atoms with E-state index in [1.54, 1.807) is 4.68 Å². The molecule has 2 amide bonds. The van der Waals surface area contributed by atoms with Crippen molar-refractivity contribution < 1.29 is 9.59 Å². The van der Waals surface area contributed by atoms with Gasteiger partial charge in [-0.1, -0.05) is 13.8 Å². The lowest BCUT2D eigenvalue weighted by Gasteiger charge is -2.43. The number of hydrogen-bond acceptors (Lipinski definition) is 4. The maximum atomic E-state index is 13.0. The number of piperazine rings is 1. The molecule has 1 aromatic rings. The molecule has 2 aliphatic heterocycles. The number of aryl methyl sites for hydroxylation is 1. The average molecular weight is 347 g/mol. The van der Waals surface area contributed by atoms with Crippen LogP contribution in [0.2, 0.25) is 0 Å². The maximum Gasteiger partial charge on any atom is 0.272 e. The van der Waals surface area contributed by atoms with Gasteiger partial charge in [-0.2, -0.15) is 5.10 Å². The molecule has 7 nitrogen and oxygen atoms in total. The van der Waals surface area contributed by atoms with Crippen LogP contribution >= 0.6 is 0 Å². The molecule has 3 heterocycles. The number of amides is 2. The van der Waals surface area contributed by atoms with Crippen LogP contribution in [0.3, 0.4) is 0 Å². The Labute approximate surface area is 149 Å². The van der Waals surface area contributed by atoms with Gasteiger partial charge in [0.05, 0.1) is 5.69 Å². The fourth-order valence-electron chi connectivity index (χ4n) is 3.79. The summed E-state index contributed by atoms with van der Waals surface area (Å²) in [4.78, 5) is 27.1. The Kier molecular flexibility index (Phi) is 5.13. The molecule has 0 aromatic carbocycles. The highest BCUT2D eigenvalue weighted by Crippen LogP contribution is 2.25. The first-order chi connectivity index (χ1) is 11.9. The van der Waals surface area contributed by atoms with Crippen molar-refractivity contribution in [2.75, 3.05) is 26.2 Å². The Morgan fingerprint density at radius 2 is 2.04 bits per heavy atom. The quantitative estimate of drug-likeness (QED) is 0.844. The van der Waals surface area contributed by atoms with Crippen molar-refractivity contribution in [3.05, 3.63) is 17.5 Å². The number of carbonyl (C=O) groups excluding carboxylic acids is 2. The second-order valence-electron chi connectivity index (χ2n) is 7.49. The number of nitrogens with one attached hydrogen (secondary N) is 2. The number of hydrogen-bond donors (Lipinski definition) is 2. The molecule has 0 radical (unpaired) electrons. The first kappa shape index (κ1) is 17.9. The summed E-state index contributed by atoms with van der Waals surface area (Å²) in [7, 11) is 0. The first-order valence-corrected chi connectivity index (χ1v) is 9.34. The van der Waals surface area contributed by atoms with Crippen LogP contribution in [0, 0.1) is 5.92 Å². The Hall–Kier alpha value is -1.89. The molecule has 0 bridgehead atoms. The van der Waals surface area contributed by atoms with Gasteiger partial charge in [-0.15, -0.1) is 0 Å². The lowest BCUT2D eigenvalue weighted by molar-refractivity contribution is -0.131. The van der Waals surface area contributed by atoms with Gasteiger partial charge in [0.25, 0.3) is 5.91 Å². The van der Waals surface area contributed by atoms with E-state index in [0.29, 0.717) is 50.6 Å². The third kappa shape index (κ3) is 3.56. The van der Waals surface area contributed by atoms with Gasteiger partial charge in [0, 0.05) is 32.7 Å². The van der Waals surface area contributed by atoms with E-state index >= 15 is 0 Å². The third-order valence-electron chi connectivity index (χ3n) is 5.18. The molecule has 7 heteroatoms. The molecule has 3 rings (SSSR count). The van der Waals surface area contributed by atoms with Crippen LogP contribution in [0.15, 0.2) is 6.07 Å². The van der Waals surface area contributed by atoms with E-state index in [4.69, 9.17) is 0 Å². The van der Waals surface area contributed by atoms with E-state index in [1.807, 2.05) is 17.9 Å². The largest absolute Gasteiger partial charge is 0.353 e. The highest BCUT2D eigenvalue weighted by molar-refractivity contribution is 5.93. The van der Waals surface area contributed by atoms with Crippen molar-refractivity contribution >= 4 is 11.8 Å². The number of aromatic nitrogens is 2. The molecule has 2 saturated heterocycles. The van der Waals surface area contributed by atoms with Gasteiger partial charge in [-0.05, 0) is 38.2 Å². The summed E-state index contributed by atoms with van der Waals surface area (Å²) < 4.78 is 1.80. The van der Waals surface area contributed by atoms with Crippen molar-refractivity contribution in [2.24, 2.45) is 5.92 Å². The molecule has 1 aromatic heterocycles. The molecule has 0 aliphatic carbocycles. The van der Waals surface area contributed by atoms with Gasteiger partial charge >= 0.3 is 0 Å². The second kappa shape index (κ2) is 7.15. The van der Waals surface area contributed by atoms with Crippen molar-refractivity contribution in [3.8, 4) is 0 Å². The SMILES string of the molecule is CCn1nc(CC(C)C)cc1C(=O)N1CCC2(CC1)NCCNC2=O. The molecule has 0 saturated carbocycles. The Balaban J connectivity index is 1.70. The van der Waals surface area contributed by atoms with Crippen molar-refractivity contribution in [1.82, 2.24) is 25.3 Å². The lowest BCUT2D eigenvalue weighted by atomic mass is 9.85. The summed E-state index contributed by atoms with van der Waals surface area (Å²) in [6.07, 6.45) is 2.19. The molecule has 0 atom stereocenters. The fourth-order valence-corrected chi connectivity index (χ4v) is 3.79. The minimum absolute atomic E-state index is 0.0235. The van der Waals surface area contributed by atoms with Gasteiger partial charge in [0.15, 0.2) is 0 Å². The van der Waals surface area contributed by atoms with E-state index in [1.165, 1.54) is 0 Å². The molecule has 1 spiro atoms. The zero-order valence-corrected chi connectivity index (χ0v) is 15.5.